The molecule has 0 fully saturated rings. The van der Waals surface area contributed by atoms with Gasteiger partial charge in [0.25, 0.3) is 5.91 Å². The lowest BCUT2D eigenvalue weighted by atomic mass is 10.2. The topological polar surface area (TPSA) is 62.6 Å². The van der Waals surface area contributed by atoms with Gasteiger partial charge in [-0.1, -0.05) is 12.1 Å². The van der Waals surface area contributed by atoms with Crippen molar-refractivity contribution in [3.63, 3.8) is 0 Å². The van der Waals surface area contributed by atoms with E-state index in [1.54, 1.807) is 41.9 Å². The third-order valence-corrected chi connectivity index (χ3v) is 4.39. The van der Waals surface area contributed by atoms with E-state index in [1.165, 1.54) is 12.0 Å². The standard InChI is InChI=1S/C19H20N2O3S/c1-21(12-14-4-7-16(25-3)8-5-14)19(22)13-24-17-9-6-15(11-20)10-18(17)23-2/h4-10H,12-13H2,1-3H3. The van der Waals surface area contributed by atoms with Crippen LogP contribution in [-0.4, -0.2) is 37.8 Å². The van der Waals surface area contributed by atoms with Crippen molar-refractivity contribution in [3.05, 3.63) is 53.6 Å². The molecule has 2 aromatic carbocycles. The lowest BCUT2D eigenvalue weighted by molar-refractivity contribution is -0.132. The second-order valence-corrected chi connectivity index (χ2v) is 6.24. The maximum absolute atomic E-state index is 12.3. The van der Waals surface area contributed by atoms with Gasteiger partial charge in [0.2, 0.25) is 0 Å². The summed E-state index contributed by atoms with van der Waals surface area (Å²) in [5.41, 5.74) is 1.53. The molecule has 0 unspecified atom stereocenters. The number of ether oxygens (including phenoxy) is 2. The number of nitrogens with zero attached hydrogens (tertiary/aromatic N) is 2. The molecule has 130 valence electrons. The van der Waals surface area contributed by atoms with Crippen molar-refractivity contribution in [2.75, 3.05) is 27.0 Å². The summed E-state index contributed by atoms with van der Waals surface area (Å²) in [6.07, 6.45) is 2.03. The van der Waals surface area contributed by atoms with Gasteiger partial charge in [-0.05, 0) is 36.1 Å². The fourth-order valence-corrected chi connectivity index (χ4v) is 2.61. The van der Waals surface area contributed by atoms with Crippen LogP contribution in [0.5, 0.6) is 11.5 Å². The molecule has 0 aliphatic heterocycles. The van der Waals surface area contributed by atoms with E-state index in [-0.39, 0.29) is 12.5 Å². The second-order valence-electron chi connectivity index (χ2n) is 5.36. The summed E-state index contributed by atoms with van der Waals surface area (Å²) < 4.78 is 10.8. The molecule has 2 aromatic rings. The minimum Gasteiger partial charge on any atom is -0.493 e. The number of benzene rings is 2. The second kappa shape index (κ2) is 9.00. The van der Waals surface area contributed by atoms with Gasteiger partial charge in [-0.15, -0.1) is 11.8 Å². The smallest absolute Gasteiger partial charge is 0.260 e. The summed E-state index contributed by atoms with van der Waals surface area (Å²) in [5.74, 6) is 0.732. The van der Waals surface area contributed by atoms with Gasteiger partial charge in [0.05, 0.1) is 18.7 Å². The third kappa shape index (κ3) is 5.16. The van der Waals surface area contributed by atoms with Crippen LogP contribution in [0.3, 0.4) is 0 Å². The first kappa shape index (κ1) is 18.7. The first-order valence-electron chi connectivity index (χ1n) is 7.65. The van der Waals surface area contributed by atoms with Crippen molar-refractivity contribution in [2.45, 2.75) is 11.4 Å². The number of thioether (sulfide) groups is 1. The molecule has 0 heterocycles. The monoisotopic (exact) mass is 356 g/mol. The zero-order valence-electron chi connectivity index (χ0n) is 14.5. The zero-order chi connectivity index (χ0) is 18.2. The predicted octanol–water partition coefficient (Wildman–Crippen LogP) is 3.33. The lowest BCUT2D eigenvalue weighted by Crippen LogP contribution is -2.31. The normalized spacial score (nSPS) is 10.0. The molecule has 0 bridgehead atoms. The van der Waals surface area contributed by atoms with Crippen LogP contribution in [0, 0.1) is 11.3 Å². The first-order chi connectivity index (χ1) is 12.1. The molecule has 2 rings (SSSR count). The highest BCUT2D eigenvalue weighted by molar-refractivity contribution is 7.98. The van der Waals surface area contributed by atoms with Gasteiger partial charge in [-0.3, -0.25) is 4.79 Å². The molecule has 6 heteroatoms. The van der Waals surface area contributed by atoms with Crippen molar-refractivity contribution >= 4 is 17.7 Å². The van der Waals surface area contributed by atoms with Crippen LogP contribution in [0.4, 0.5) is 0 Å². The lowest BCUT2D eigenvalue weighted by Gasteiger charge is -2.18. The van der Waals surface area contributed by atoms with Crippen LogP contribution in [0.15, 0.2) is 47.4 Å². The Morgan fingerprint density at radius 1 is 1.20 bits per heavy atom. The molecular weight excluding hydrogens is 336 g/mol. The van der Waals surface area contributed by atoms with Crippen LogP contribution in [-0.2, 0) is 11.3 Å². The molecule has 25 heavy (non-hydrogen) atoms. The summed E-state index contributed by atoms with van der Waals surface area (Å²) in [4.78, 5) is 15.1. The third-order valence-electron chi connectivity index (χ3n) is 3.65. The summed E-state index contributed by atoms with van der Waals surface area (Å²) in [7, 11) is 3.24. The highest BCUT2D eigenvalue weighted by atomic mass is 32.2. The molecule has 5 nitrogen and oxygen atoms in total. The fourth-order valence-electron chi connectivity index (χ4n) is 2.20. The van der Waals surface area contributed by atoms with E-state index in [0.717, 1.165) is 5.56 Å². The molecule has 0 aliphatic carbocycles. The van der Waals surface area contributed by atoms with E-state index >= 15 is 0 Å². The molecule has 0 atom stereocenters. The van der Waals surface area contributed by atoms with Gasteiger partial charge in [0.1, 0.15) is 0 Å². The number of carbonyl (C=O) groups is 1. The van der Waals surface area contributed by atoms with Gasteiger partial charge >= 0.3 is 0 Å². The summed E-state index contributed by atoms with van der Waals surface area (Å²) >= 11 is 1.68. The Hall–Kier alpha value is -2.65. The Labute approximate surface area is 152 Å². The van der Waals surface area contributed by atoms with Crippen molar-refractivity contribution in [2.24, 2.45) is 0 Å². The van der Waals surface area contributed by atoms with E-state index in [4.69, 9.17) is 14.7 Å². The van der Waals surface area contributed by atoms with Gasteiger partial charge in [0, 0.05) is 24.6 Å². The highest BCUT2D eigenvalue weighted by Gasteiger charge is 2.12. The molecule has 0 saturated carbocycles. The number of amides is 1. The SMILES string of the molecule is COc1cc(C#N)ccc1OCC(=O)N(C)Cc1ccc(SC)cc1. The molecule has 0 radical (unpaired) electrons. The van der Waals surface area contributed by atoms with Crippen LogP contribution >= 0.6 is 11.8 Å². The van der Waals surface area contributed by atoms with Gasteiger partial charge in [0.15, 0.2) is 18.1 Å². The van der Waals surface area contributed by atoms with Crippen LogP contribution in [0.25, 0.3) is 0 Å². The molecule has 0 aromatic heterocycles. The maximum atomic E-state index is 12.3. The predicted molar refractivity (Wildman–Crippen MR) is 97.9 cm³/mol. The molecule has 0 N–H and O–H groups in total. The Morgan fingerprint density at radius 3 is 2.52 bits per heavy atom. The van der Waals surface area contributed by atoms with Gasteiger partial charge in [-0.25, -0.2) is 0 Å². The quantitative estimate of drug-likeness (QED) is 0.712. The highest BCUT2D eigenvalue weighted by Crippen LogP contribution is 2.27. The minimum absolute atomic E-state index is 0.0956. The van der Waals surface area contributed by atoms with Crippen LogP contribution < -0.4 is 9.47 Å². The largest absolute Gasteiger partial charge is 0.493 e. The van der Waals surface area contributed by atoms with Crippen molar-refractivity contribution in [1.29, 1.82) is 5.26 Å². The number of methoxy groups -OCH3 is 1. The molecule has 0 saturated heterocycles. The van der Waals surface area contributed by atoms with E-state index < -0.39 is 0 Å². The summed E-state index contributed by atoms with van der Waals surface area (Å²) in [5, 5.41) is 8.90. The van der Waals surface area contributed by atoms with Crippen LogP contribution in [0.1, 0.15) is 11.1 Å². The van der Waals surface area contributed by atoms with Crippen molar-refractivity contribution in [1.82, 2.24) is 4.90 Å². The van der Waals surface area contributed by atoms with Crippen molar-refractivity contribution < 1.29 is 14.3 Å². The van der Waals surface area contributed by atoms with Gasteiger partial charge < -0.3 is 14.4 Å². The summed E-state index contributed by atoms with van der Waals surface area (Å²) in [6, 6.07) is 15.0. The van der Waals surface area contributed by atoms with Crippen LogP contribution in [0.2, 0.25) is 0 Å². The molecular formula is C19H20N2O3S. The molecule has 1 amide bonds. The Morgan fingerprint density at radius 2 is 1.92 bits per heavy atom. The number of hydrogen-bond donors (Lipinski definition) is 0. The molecule has 0 aliphatic rings. The Bertz CT molecular complexity index is 769. The first-order valence-corrected chi connectivity index (χ1v) is 8.87. The minimum atomic E-state index is -0.139. The average Bonchev–Trinajstić information content (AvgIpc) is 2.66. The zero-order valence-corrected chi connectivity index (χ0v) is 15.3. The van der Waals surface area contributed by atoms with Crippen molar-refractivity contribution in [3.8, 4) is 17.6 Å². The average molecular weight is 356 g/mol. The van der Waals surface area contributed by atoms with E-state index in [9.17, 15) is 4.79 Å². The maximum Gasteiger partial charge on any atom is 0.260 e. The fraction of sp³-hybridized carbons (Fsp3) is 0.263. The summed E-state index contributed by atoms with van der Waals surface area (Å²) in [6.45, 7) is 0.420. The van der Waals surface area contributed by atoms with E-state index in [0.29, 0.717) is 23.6 Å². The number of hydrogen-bond acceptors (Lipinski definition) is 5. The number of likely N-dealkylation sites (N-methyl/N-ethyl adjacent to an activating group) is 1. The van der Waals surface area contributed by atoms with E-state index in [1.807, 2.05) is 36.6 Å². The Kier molecular flexibility index (Phi) is 6.72. The number of carbonyl (C=O) groups excluding carboxylic acids is 1. The number of nitriles is 1. The van der Waals surface area contributed by atoms with E-state index in [2.05, 4.69) is 0 Å². The van der Waals surface area contributed by atoms with Gasteiger partial charge in [-0.2, -0.15) is 5.26 Å². The molecule has 0 spiro atoms. The number of rotatable bonds is 7. The Balaban J connectivity index is 1.94.